The molecule has 1 unspecified atom stereocenters. The summed E-state index contributed by atoms with van der Waals surface area (Å²) in [5, 5.41) is 3.81. The third kappa shape index (κ3) is 2.85. The first-order valence-corrected chi connectivity index (χ1v) is 7.69. The molecule has 0 amide bonds. The molecule has 0 heterocycles. The Labute approximate surface area is 107 Å². The van der Waals surface area contributed by atoms with Gasteiger partial charge in [-0.05, 0) is 51.5 Å². The zero-order chi connectivity index (χ0) is 12.1. The fourth-order valence-corrected chi connectivity index (χ4v) is 3.66. The molecule has 1 N–H and O–H groups in total. The van der Waals surface area contributed by atoms with Gasteiger partial charge in [0, 0.05) is 12.6 Å². The quantitative estimate of drug-likeness (QED) is 0.734. The molecule has 0 bridgehead atoms. The van der Waals surface area contributed by atoms with E-state index in [0.717, 1.165) is 19.1 Å². The highest BCUT2D eigenvalue weighted by atomic mass is 16.5. The van der Waals surface area contributed by atoms with Gasteiger partial charge in [0.15, 0.2) is 0 Å². The Kier molecular flexibility index (Phi) is 4.87. The van der Waals surface area contributed by atoms with Crippen molar-refractivity contribution in [1.82, 2.24) is 5.32 Å². The molecular formula is C15H29NO. The molecule has 0 aromatic heterocycles. The third-order valence-corrected chi connectivity index (χ3v) is 4.68. The van der Waals surface area contributed by atoms with Gasteiger partial charge in [-0.15, -0.1) is 0 Å². The van der Waals surface area contributed by atoms with Crippen LogP contribution in [-0.2, 0) is 4.74 Å². The van der Waals surface area contributed by atoms with Gasteiger partial charge in [0.2, 0.25) is 0 Å². The second-order valence-corrected chi connectivity index (χ2v) is 5.83. The Morgan fingerprint density at radius 2 is 1.88 bits per heavy atom. The molecule has 17 heavy (non-hydrogen) atoms. The smallest absolute Gasteiger partial charge is 0.0837 e. The van der Waals surface area contributed by atoms with E-state index in [1.165, 1.54) is 51.4 Å². The van der Waals surface area contributed by atoms with Crippen LogP contribution < -0.4 is 5.32 Å². The van der Waals surface area contributed by atoms with Crippen molar-refractivity contribution in [2.75, 3.05) is 13.2 Å². The highest BCUT2D eigenvalue weighted by Crippen LogP contribution is 2.43. The Morgan fingerprint density at radius 1 is 1.18 bits per heavy atom. The molecule has 0 spiro atoms. The molecule has 2 rings (SSSR count). The van der Waals surface area contributed by atoms with Crippen LogP contribution in [0.3, 0.4) is 0 Å². The van der Waals surface area contributed by atoms with Crippen molar-refractivity contribution < 1.29 is 4.74 Å². The first-order valence-electron chi connectivity index (χ1n) is 7.69. The second-order valence-electron chi connectivity index (χ2n) is 5.83. The van der Waals surface area contributed by atoms with E-state index in [4.69, 9.17) is 4.74 Å². The first kappa shape index (κ1) is 13.4. The Bertz CT molecular complexity index is 219. The van der Waals surface area contributed by atoms with Crippen LogP contribution in [0.4, 0.5) is 0 Å². The van der Waals surface area contributed by atoms with Crippen LogP contribution >= 0.6 is 0 Å². The van der Waals surface area contributed by atoms with E-state index in [9.17, 15) is 0 Å². The molecule has 0 aromatic carbocycles. The van der Waals surface area contributed by atoms with Crippen LogP contribution in [0.5, 0.6) is 0 Å². The third-order valence-electron chi connectivity index (χ3n) is 4.68. The second kappa shape index (κ2) is 6.19. The summed E-state index contributed by atoms with van der Waals surface area (Å²) in [5.41, 5.74) is 0.176. The highest BCUT2D eigenvalue weighted by molar-refractivity contribution is 5.01. The SMILES string of the molecule is CCCNC(C1CCC1)C1(OCC)CCCC1. The molecule has 0 radical (unpaired) electrons. The topological polar surface area (TPSA) is 21.3 Å². The lowest BCUT2D eigenvalue weighted by atomic mass is 9.72. The van der Waals surface area contributed by atoms with E-state index >= 15 is 0 Å². The summed E-state index contributed by atoms with van der Waals surface area (Å²) < 4.78 is 6.24. The van der Waals surface area contributed by atoms with E-state index < -0.39 is 0 Å². The summed E-state index contributed by atoms with van der Waals surface area (Å²) in [7, 11) is 0. The van der Waals surface area contributed by atoms with Gasteiger partial charge in [0.25, 0.3) is 0 Å². The van der Waals surface area contributed by atoms with Crippen LogP contribution in [0.1, 0.15) is 65.2 Å². The van der Waals surface area contributed by atoms with Gasteiger partial charge in [0.05, 0.1) is 5.60 Å². The van der Waals surface area contributed by atoms with Crippen molar-refractivity contribution in [1.29, 1.82) is 0 Å². The lowest BCUT2D eigenvalue weighted by Crippen LogP contribution is -2.56. The van der Waals surface area contributed by atoms with E-state index in [1.807, 2.05) is 0 Å². The van der Waals surface area contributed by atoms with Crippen LogP contribution in [-0.4, -0.2) is 24.8 Å². The van der Waals surface area contributed by atoms with E-state index in [-0.39, 0.29) is 5.60 Å². The van der Waals surface area contributed by atoms with Gasteiger partial charge in [-0.2, -0.15) is 0 Å². The largest absolute Gasteiger partial charge is 0.374 e. The van der Waals surface area contributed by atoms with E-state index in [1.54, 1.807) is 0 Å². The zero-order valence-corrected chi connectivity index (χ0v) is 11.6. The zero-order valence-electron chi connectivity index (χ0n) is 11.6. The van der Waals surface area contributed by atoms with Crippen molar-refractivity contribution >= 4 is 0 Å². The van der Waals surface area contributed by atoms with Crippen LogP contribution in [0.2, 0.25) is 0 Å². The van der Waals surface area contributed by atoms with Crippen LogP contribution in [0.15, 0.2) is 0 Å². The molecule has 2 fully saturated rings. The minimum atomic E-state index is 0.176. The number of nitrogens with one attached hydrogen (secondary N) is 1. The van der Waals surface area contributed by atoms with Gasteiger partial charge < -0.3 is 10.1 Å². The highest BCUT2D eigenvalue weighted by Gasteiger charge is 2.46. The van der Waals surface area contributed by atoms with Crippen LogP contribution in [0, 0.1) is 5.92 Å². The van der Waals surface area contributed by atoms with Crippen molar-refractivity contribution in [3.05, 3.63) is 0 Å². The summed E-state index contributed by atoms with van der Waals surface area (Å²) in [4.78, 5) is 0. The number of ether oxygens (including phenoxy) is 1. The lowest BCUT2D eigenvalue weighted by Gasteiger charge is -2.45. The predicted octanol–water partition coefficient (Wildman–Crippen LogP) is 3.50. The Morgan fingerprint density at radius 3 is 2.35 bits per heavy atom. The summed E-state index contributed by atoms with van der Waals surface area (Å²) in [6.07, 6.45) is 10.8. The molecule has 100 valence electrons. The van der Waals surface area contributed by atoms with Crippen molar-refractivity contribution in [2.45, 2.75) is 76.9 Å². The van der Waals surface area contributed by atoms with Gasteiger partial charge in [-0.3, -0.25) is 0 Å². The normalized spacial score (nSPS) is 25.8. The summed E-state index contributed by atoms with van der Waals surface area (Å²) in [6, 6.07) is 0.624. The fraction of sp³-hybridized carbons (Fsp3) is 1.00. The number of hydrogen-bond acceptors (Lipinski definition) is 2. The summed E-state index contributed by atoms with van der Waals surface area (Å²) in [6.45, 7) is 6.43. The molecular weight excluding hydrogens is 210 g/mol. The lowest BCUT2D eigenvalue weighted by molar-refractivity contribution is -0.0839. The maximum atomic E-state index is 6.24. The molecule has 0 aromatic rings. The van der Waals surface area contributed by atoms with Gasteiger partial charge in [0.1, 0.15) is 0 Å². The van der Waals surface area contributed by atoms with Crippen molar-refractivity contribution in [3.63, 3.8) is 0 Å². The average molecular weight is 239 g/mol. The molecule has 2 aliphatic carbocycles. The first-order chi connectivity index (χ1) is 8.32. The molecule has 2 nitrogen and oxygen atoms in total. The molecule has 2 heteroatoms. The number of rotatable bonds is 7. The van der Waals surface area contributed by atoms with Crippen molar-refractivity contribution in [3.8, 4) is 0 Å². The molecule has 0 saturated heterocycles. The molecule has 1 atom stereocenters. The minimum absolute atomic E-state index is 0.176. The van der Waals surface area contributed by atoms with E-state index in [2.05, 4.69) is 19.2 Å². The summed E-state index contributed by atoms with van der Waals surface area (Å²) >= 11 is 0. The number of hydrogen-bond donors (Lipinski definition) is 1. The molecule has 0 aliphatic heterocycles. The Balaban J connectivity index is 2.04. The van der Waals surface area contributed by atoms with Crippen LogP contribution in [0.25, 0.3) is 0 Å². The maximum absolute atomic E-state index is 6.24. The Hall–Kier alpha value is -0.0800. The summed E-state index contributed by atoms with van der Waals surface area (Å²) in [5.74, 6) is 0.881. The predicted molar refractivity (Wildman–Crippen MR) is 72.2 cm³/mol. The average Bonchev–Trinajstić information content (AvgIpc) is 2.71. The standard InChI is InChI=1S/C15H29NO/c1-3-12-16-14(13-8-7-9-13)15(17-4-2)10-5-6-11-15/h13-14,16H,3-12H2,1-2H3. The monoisotopic (exact) mass is 239 g/mol. The molecule has 2 aliphatic rings. The fourth-order valence-electron chi connectivity index (χ4n) is 3.66. The minimum Gasteiger partial charge on any atom is -0.374 e. The van der Waals surface area contributed by atoms with Gasteiger partial charge >= 0.3 is 0 Å². The van der Waals surface area contributed by atoms with Crippen molar-refractivity contribution in [2.24, 2.45) is 5.92 Å². The molecule has 2 saturated carbocycles. The van der Waals surface area contributed by atoms with Gasteiger partial charge in [-0.25, -0.2) is 0 Å². The maximum Gasteiger partial charge on any atom is 0.0837 e. The van der Waals surface area contributed by atoms with Gasteiger partial charge in [-0.1, -0.05) is 26.2 Å². The van der Waals surface area contributed by atoms with E-state index in [0.29, 0.717) is 6.04 Å².